The molecule has 0 saturated heterocycles. The predicted molar refractivity (Wildman–Crippen MR) is 80.4 cm³/mol. The number of carbonyl (C=O) groups is 1. The molecule has 1 aromatic carbocycles. The van der Waals surface area contributed by atoms with Crippen LogP contribution in [0.15, 0.2) is 24.3 Å². The van der Waals surface area contributed by atoms with Crippen LogP contribution in [0.3, 0.4) is 0 Å². The smallest absolute Gasteiger partial charge is 0.223 e. The molecule has 2 N–H and O–H groups in total. The molecule has 3 nitrogen and oxygen atoms in total. The van der Waals surface area contributed by atoms with E-state index in [2.05, 4.69) is 36.5 Å². The molecule has 1 saturated carbocycles. The van der Waals surface area contributed by atoms with Gasteiger partial charge in [-0.1, -0.05) is 36.8 Å². The fraction of sp³-hybridized carbons (Fsp3) is 0.588. The summed E-state index contributed by atoms with van der Waals surface area (Å²) in [6.07, 6.45) is 2.94. The van der Waals surface area contributed by atoms with Gasteiger partial charge in [-0.15, -0.1) is 0 Å². The van der Waals surface area contributed by atoms with Gasteiger partial charge in [-0.05, 0) is 44.6 Å². The van der Waals surface area contributed by atoms with Gasteiger partial charge in [0.2, 0.25) is 5.91 Å². The van der Waals surface area contributed by atoms with Gasteiger partial charge in [0.25, 0.3) is 0 Å². The first-order chi connectivity index (χ1) is 9.44. The van der Waals surface area contributed by atoms with E-state index in [1.807, 2.05) is 13.8 Å². The maximum absolute atomic E-state index is 12.3. The van der Waals surface area contributed by atoms with E-state index < -0.39 is 5.54 Å². The van der Waals surface area contributed by atoms with Gasteiger partial charge in [0.05, 0.1) is 12.1 Å². The number of nitrogens with one attached hydrogen (secondary N) is 1. The van der Waals surface area contributed by atoms with Crippen molar-refractivity contribution in [2.24, 2.45) is 11.8 Å². The van der Waals surface area contributed by atoms with Crippen molar-refractivity contribution in [3.05, 3.63) is 35.4 Å². The van der Waals surface area contributed by atoms with E-state index in [0.29, 0.717) is 5.92 Å². The fourth-order valence-electron chi connectivity index (χ4n) is 2.57. The minimum atomic E-state index is -0.446. The molecule has 1 amide bonds. The Morgan fingerprint density at radius 3 is 2.50 bits per heavy atom. The molecule has 1 fully saturated rings. The molecule has 1 aliphatic rings. The Bertz CT molecular complexity index is 464. The number of aryl methyl sites for hydroxylation is 1. The molecule has 1 aliphatic carbocycles. The van der Waals surface area contributed by atoms with Crippen LogP contribution in [-0.4, -0.2) is 23.2 Å². The van der Waals surface area contributed by atoms with Gasteiger partial charge < -0.3 is 10.4 Å². The van der Waals surface area contributed by atoms with Crippen molar-refractivity contribution < 1.29 is 9.90 Å². The van der Waals surface area contributed by atoms with Gasteiger partial charge in [0.15, 0.2) is 0 Å². The van der Waals surface area contributed by atoms with Crippen LogP contribution in [0, 0.1) is 18.8 Å². The summed E-state index contributed by atoms with van der Waals surface area (Å²) in [4.78, 5) is 12.3. The van der Waals surface area contributed by atoms with E-state index in [-0.39, 0.29) is 18.4 Å². The third-order valence-electron chi connectivity index (χ3n) is 4.33. The molecule has 0 radical (unpaired) electrons. The van der Waals surface area contributed by atoms with E-state index in [1.165, 1.54) is 11.1 Å². The maximum Gasteiger partial charge on any atom is 0.223 e. The minimum absolute atomic E-state index is 0.0145. The molecule has 110 valence electrons. The van der Waals surface area contributed by atoms with Gasteiger partial charge in [-0.2, -0.15) is 0 Å². The quantitative estimate of drug-likeness (QED) is 0.838. The zero-order chi connectivity index (χ0) is 14.8. The summed E-state index contributed by atoms with van der Waals surface area (Å²) in [6, 6.07) is 8.29. The SMILES string of the molecule is Cc1ccc(CC(C)C(=O)NC(C)(CO)C2CC2)cc1. The molecule has 0 aromatic heterocycles. The predicted octanol–water partition coefficient (Wildman–Crippen LogP) is 2.45. The standard InChI is InChI=1S/C17H25NO2/c1-12-4-6-14(7-5-12)10-13(2)16(20)18-17(3,11-19)15-8-9-15/h4-7,13,15,19H,8-11H2,1-3H3,(H,18,20). The van der Waals surface area contributed by atoms with E-state index >= 15 is 0 Å². The summed E-state index contributed by atoms with van der Waals surface area (Å²) in [5.74, 6) is 0.388. The molecule has 2 unspecified atom stereocenters. The zero-order valence-electron chi connectivity index (χ0n) is 12.6. The Kier molecular flexibility index (Phi) is 4.48. The summed E-state index contributed by atoms with van der Waals surface area (Å²) in [6.45, 7) is 5.96. The van der Waals surface area contributed by atoms with Crippen LogP contribution < -0.4 is 5.32 Å². The molecule has 0 heterocycles. The number of aliphatic hydroxyl groups is 1. The third-order valence-corrected chi connectivity index (χ3v) is 4.33. The van der Waals surface area contributed by atoms with Gasteiger partial charge in [-0.3, -0.25) is 4.79 Å². The molecular formula is C17H25NO2. The fourth-order valence-corrected chi connectivity index (χ4v) is 2.57. The van der Waals surface area contributed by atoms with Crippen molar-refractivity contribution in [1.82, 2.24) is 5.32 Å². The Morgan fingerprint density at radius 2 is 2.00 bits per heavy atom. The van der Waals surface area contributed by atoms with Gasteiger partial charge in [0.1, 0.15) is 0 Å². The highest BCUT2D eigenvalue weighted by molar-refractivity contribution is 5.79. The summed E-state index contributed by atoms with van der Waals surface area (Å²) < 4.78 is 0. The monoisotopic (exact) mass is 275 g/mol. The van der Waals surface area contributed by atoms with Gasteiger partial charge >= 0.3 is 0 Å². The third kappa shape index (κ3) is 3.60. The highest BCUT2D eigenvalue weighted by Crippen LogP contribution is 2.39. The lowest BCUT2D eigenvalue weighted by atomic mass is 9.94. The number of benzene rings is 1. The molecule has 0 spiro atoms. The number of hydrogen-bond donors (Lipinski definition) is 2. The normalized spacial score (nSPS) is 19.2. The second-order valence-electron chi connectivity index (χ2n) is 6.43. The number of carbonyl (C=O) groups excluding carboxylic acids is 1. The Hall–Kier alpha value is -1.35. The van der Waals surface area contributed by atoms with Gasteiger partial charge in [0, 0.05) is 5.92 Å². The van der Waals surface area contributed by atoms with E-state index in [0.717, 1.165) is 19.3 Å². The average molecular weight is 275 g/mol. The largest absolute Gasteiger partial charge is 0.394 e. The van der Waals surface area contributed by atoms with Crippen LogP contribution in [0.2, 0.25) is 0 Å². The second-order valence-corrected chi connectivity index (χ2v) is 6.43. The first-order valence-corrected chi connectivity index (χ1v) is 7.43. The number of rotatable bonds is 6. The van der Waals surface area contributed by atoms with Crippen molar-refractivity contribution in [1.29, 1.82) is 0 Å². The molecule has 1 aromatic rings. The number of hydrogen-bond acceptors (Lipinski definition) is 2. The molecule has 20 heavy (non-hydrogen) atoms. The van der Waals surface area contributed by atoms with Gasteiger partial charge in [-0.25, -0.2) is 0 Å². The molecule has 0 aliphatic heterocycles. The lowest BCUT2D eigenvalue weighted by molar-refractivity contribution is -0.127. The second kappa shape index (κ2) is 5.96. The van der Waals surface area contributed by atoms with E-state index in [9.17, 15) is 9.90 Å². The molecule has 0 bridgehead atoms. The zero-order valence-corrected chi connectivity index (χ0v) is 12.6. The van der Waals surface area contributed by atoms with E-state index in [1.54, 1.807) is 0 Å². The summed E-state index contributed by atoms with van der Waals surface area (Å²) in [5, 5.41) is 12.6. The summed E-state index contributed by atoms with van der Waals surface area (Å²) in [7, 11) is 0. The first kappa shape index (κ1) is 15.0. The minimum Gasteiger partial charge on any atom is -0.394 e. The highest BCUT2D eigenvalue weighted by Gasteiger charge is 2.42. The summed E-state index contributed by atoms with van der Waals surface area (Å²) in [5.41, 5.74) is 1.96. The molecular weight excluding hydrogens is 250 g/mol. The van der Waals surface area contributed by atoms with Crippen LogP contribution in [0.25, 0.3) is 0 Å². The van der Waals surface area contributed by atoms with Crippen molar-refractivity contribution in [2.75, 3.05) is 6.61 Å². The van der Waals surface area contributed by atoms with Crippen LogP contribution in [-0.2, 0) is 11.2 Å². The average Bonchev–Trinajstić information content (AvgIpc) is 3.26. The summed E-state index contributed by atoms with van der Waals surface area (Å²) >= 11 is 0. The van der Waals surface area contributed by atoms with Crippen molar-refractivity contribution in [3.63, 3.8) is 0 Å². The van der Waals surface area contributed by atoms with Crippen molar-refractivity contribution in [3.8, 4) is 0 Å². The van der Waals surface area contributed by atoms with Crippen molar-refractivity contribution >= 4 is 5.91 Å². The molecule has 2 atom stereocenters. The van der Waals surface area contributed by atoms with Crippen LogP contribution >= 0.6 is 0 Å². The Morgan fingerprint density at radius 1 is 1.40 bits per heavy atom. The lowest BCUT2D eigenvalue weighted by Gasteiger charge is -2.30. The Balaban J connectivity index is 1.93. The first-order valence-electron chi connectivity index (χ1n) is 7.43. The molecule has 2 rings (SSSR count). The molecule has 3 heteroatoms. The van der Waals surface area contributed by atoms with E-state index in [4.69, 9.17) is 0 Å². The number of aliphatic hydroxyl groups excluding tert-OH is 1. The highest BCUT2D eigenvalue weighted by atomic mass is 16.3. The van der Waals surface area contributed by atoms with Crippen molar-refractivity contribution in [2.45, 2.75) is 45.6 Å². The van der Waals surface area contributed by atoms with Crippen LogP contribution in [0.5, 0.6) is 0 Å². The lowest BCUT2D eigenvalue weighted by Crippen LogP contribution is -2.52. The van der Waals surface area contributed by atoms with Crippen LogP contribution in [0.4, 0.5) is 0 Å². The maximum atomic E-state index is 12.3. The van der Waals surface area contributed by atoms with Crippen LogP contribution in [0.1, 0.15) is 37.8 Å². The number of amides is 1. The topological polar surface area (TPSA) is 49.3 Å². The Labute approximate surface area is 121 Å².